The number of pyridine rings is 1. The molecule has 0 saturated carbocycles. The number of epoxide rings is 1. The lowest BCUT2D eigenvalue weighted by Gasteiger charge is -2.41. The van der Waals surface area contributed by atoms with E-state index in [0.717, 1.165) is 12.3 Å². The zero-order valence-corrected chi connectivity index (χ0v) is 11.7. The highest BCUT2D eigenvalue weighted by Crippen LogP contribution is 2.51. The summed E-state index contributed by atoms with van der Waals surface area (Å²) in [5.74, 6) is 0. The predicted octanol–water partition coefficient (Wildman–Crippen LogP) is 2.41. The predicted molar refractivity (Wildman–Crippen MR) is 73.9 cm³/mol. The molecule has 1 aromatic heterocycles. The Hall–Kier alpha value is -1.44. The lowest BCUT2D eigenvalue weighted by Crippen LogP contribution is -2.47. The number of ether oxygens (including phenoxy) is 1. The first-order chi connectivity index (χ1) is 9.71. The van der Waals surface area contributed by atoms with E-state index in [9.17, 15) is 0 Å². The summed E-state index contributed by atoms with van der Waals surface area (Å²) in [4.78, 5) is 7.11. The van der Waals surface area contributed by atoms with Crippen molar-refractivity contribution in [3.05, 3.63) is 29.6 Å². The Balaban J connectivity index is 1.59. The van der Waals surface area contributed by atoms with Gasteiger partial charge in [-0.2, -0.15) is 5.26 Å². The molecular formula is C16H19N3O. The van der Waals surface area contributed by atoms with Gasteiger partial charge in [-0.25, -0.2) is 0 Å². The van der Waals surface area contributed by atoms with Crippen LogP contribution in [0.4, 0.5) is 0 Å². The topological polar surface area (TPSA) is 52.5 Å². The highest BCUT2D eigenvalue weighted by molar-refractivity contribution is 5.30. The summed E-state index contributed by atoms with van der Waals surface area (Å²) in [7, 11) is 0. The molecule has 0 aliphatic carbocycles. The van der Waals surface area contributed by atoms with Crippen LogP contribution < -0.4 is 0 Å². The number of rotatable bonds is 2. The normalized spacial score (nSPS) is 36.8. The summed E-state index contributed by atoms with van der Waals surface area (Å²) in [6, 6.07) is 7.45. The van der Waals surface area contributed by atoms with Gasteiger partial charge in [-0.3, -0.25) is 9.88 Å². The maximum atomic E-state index is 9.04. The summed E-state index contributed by atoms with van der Waals surface area (Å²) in [6.45, 7) is 3.19. The molecule has 3 unspecified atom stereocenters. The van der Waals surface area contributed by atoms with E-state index < -0.39 is 0 Å². The second-order valence-corrected chi connectivity index (χ2v) is 6.47. The Morgan fingerprint density at radius 1 is 1.45 bits per heavy atom. The highest BCUT2D eigenvalue weighted by Gasteiger charge is 2.56. The van der Waals surface area contributed by atoms with Gasteiger partial charge in [0.05, 0.1) is 29.5 Å². The van der Waals surface area contributed by atoms with Crippen molar-refractivity contribution >= 4 is 0 Å². The fourth-order valence-corrected chi connectivity index (χ4v) is 4.21. The molecule has 104 valence electrons. The van der Waals surface area contributed by atoms with Crippen molar-refractivity contribution in [2.75, 3.05) is 6.61 Å². The number of aromatic nitrogens is 1. The minimum atomic E-state index is 0.226. The van der Waals surface area contributed by atoms with Crippen LogP contribution in [0.3, 0.4) is 0 Å². The Bertz CT molecular complexity index is 559. The van der Waals surface area contributed by atoms with Crippen LogP contribution in [0, 0.1) is 11.3 Å². The van der Waals surface area contributed by atoms with Crippen molar-refractivity contribution in [2.24, 2.45) is 0 Å². The third kappa shape index (κ3) is 1.85. The molecule has 0 radical (unpaired) electrons. The van der Waals surface area contributed by atoms with Gasteiger partial charge < -0.3 is 4.74 Å². The standard InChI is InChI=1S/C16H19N3O/c1-11(15-6-12(9-17)4-5-18-15)19-13-2-3-14(19)8-16(7-13)10-20-16/h4-6,11,13-14H,2-3,7-8,10H2,1H3. The summed E-state index contributed by atoms with van der Waals surface area (Å²) in [5.41, 5.74) is 1.95. The van der Waals surface area contributed by atoms with E-state index >= 15 is 0 Å². The van der Waals surface area contributed by atoms with Gasteiger partial charge in [0, 0.05) is 24.3 Å². The molecular weight excluding hydrogens is 250 g/mol. The van der Waals surface area contributed by atoms with Crippen LogP contribution in [0.2, 0.25) is 0 Å². The molecule has 3 aliphatic heterocycles. The van der Waals surface area contributed by atoms with E-state index in [1.165, 1.54) is 25.7 Å². The first-order valence-corrected chi connectivity index (χ1v) is 7.48. The average Bonchev–Trinajstić information content (AvgIpc) is 3.16. The van der Waals surface area contributed by atoms with Crippen molar-refractivity contribution in [3.8, 4) is 6.07 Å². The van der Waals surface area contributed by atoms with Crippen molar-refractivity contribution < 1.29 is 4.74 Å². The number of hydrogen-bond donors (Lipinski definition) is 0. The molecule has 4 heterocycles. The molecule has 4 nitrogen and oxygen atoms in total. The van der Waals surface area contributed by atoms with E-state index in [1.54, 1.807) is 12.3 Å². The van der Waals surface area contributed by atoms with E-state index in [0.29, 0.717) is 17.6 Å². The fourth-order valence-electron chi connectivity index (χ4n) is 4.21. The molecule has 1 spiro atoms. The Kier molecular flexibility index (Phi) is 2.63. The zero-order valence-electron chi connectivity index (χ0n) is 11.7. The lowest BCUT2D eigenvalue weighted by molar-refractivity contribution is 0.0477. The number of piperidine rings is 1. The molecule has 4 rings (SSSR count). The molecule has 0 aromatic carbocycles. The van der Waals surface area contributed by atoms with Gasteiger partial charge in [-0.1, -0.05) is 0 Å². The minimum Gasteiger partial charge on any atom is -0.369 e. The molecule has 3 aliphatic rings. The van der Waals surface area contributed by atoms with E-state index in [-0.39, 0.29) is 11.6 Å². The molecule has 1 aromatic rings. The largest absolute Gasteiger partial charge is 0.369 e. The van der Waals surface area contributed by atoms with Gasteiger partial charge in [0.25, 0.3) is 0 Å². The second kappa shape index (κ2) is 4.28. The summed E-state index contributed by atoms with van der Waals surface area (Å²) < 4.78 is 5.70. The molecule has 0 N–H and O–H groups in total. The van der Waals surface area contributed by atoms with E-state index in [4.69, 9.17) is 10.00 Å². The number of hydrogen-bond acceptors (Lipinski definition) is 4. The van der Waals surface area contributed by atoms with Gasteiger partial charge in [0.2, 0.25) is 0 Å². The van der Waals surface area contributed by atoms with Crippen molar-refractivity contribution in [1.82, 2.24) is 9.88 Å². The summed E-state index contributed by atoms with van der Waals surface area (Å²) >= 11 is 0. The maximum Gasteiger partial charge on any atom is 0.0992 e. The van der Waals surface area contributed by atoms with Crippen molar-refractivity contribution in [1.29, 1.82) is 5.26 Å². The van der Waals surface area contributed by atoms with Crippen LogP contribution in [-0.2, 0) is 4.74 Å². The van der Waals surface area contributed by atoms with E-state index in [1.807, 2.05) is 6.07 Å². The first kappa shape index (κ1) is 12.3. The van der Waals surface area contributed by atoms with Crippen LogP contribution in [0.5, 0.6) is 0 Å². The van der Waals surface area contributed by atoms with Crippen molar-refractivity contribution in [2.45, 2.75) is 56.3 Å². The SMILES string of the molecule is CC(c1cc(C#N)ccn1)N1C2CCC1CC1(CO1)C2. The Morgan fingerprint density at radius 2 is 2.15 bits per heavy atom. The highest BCUT2D eigenvalue weighted by atomic mass is 16.6. The molecule has 4 heteroatoms. The van der Waals surface area contributed by atoms with Gasteiger partial charge in [-0.15, -0.1) is 0 Å². The molecule has 20 heavy (non-hydrogen) atoms. The van der Waals surface area contributed by atoms with Gasteiger partial charge >= 0.3 is 0 Å². The van der Waals surface area contributed by atoms with Crippen LogP contribution in [0.25, 0.3) is 0 Å². The number of nitrogens with zero attached hydrogens (tertiary/aromatic N) is 3. The molecule has 3 saturated heterocycles. The van der Waals surface area contributed by atoms with Gasteiger partial charge in [-0.05, 0) is 44.7 Å². The second-order valence-electron chi connectivity index (χ2n) is 6.47. The number of fused-ring (bicyclic) bond motifs is 2. The lowest BCUT2D eigenvalue weighted by atomic mass is 9.89. The maximum absolute atomic E-state index is 9.04. The van der Waals surface area contributed by atoms with Crippen molar-refractivity contribution in [3.63, 3.8) is 0 Å². The third-order valence-corrected chi connectivity index (χ3v) is 5.23. The monoisotopic (exact) mass is 269 g/mol. The molecule has 2 bridgehead atoms. The van der Waals surface area contributed by atoms with Crippen LogP contribution in [0.1, 0.15) is 49.9 Å². The smallest absolute Gasteiger partial charge is 0.0992 e. The molecule has 0 amide bonds. The Morgan fingerprint density at radius 3 is 2.75 bits per heavy atom. The van der Waals surface area contributed by atoms with Crippen LogP contribution in [-0.4, -0.2) is 34.2 Å². The van der Waals surface area contributed by atoms with Gasteiger partial charge in [0.1, 0.15) is 0 Å². The summed E-state index contributed by atoms with van der Waals surface area (Å²) in [6.07, 6.45) is 6.65. The van der Waals surface area contributed by atoms with Crippen LogP contribution >= 0.6 is 0 Å². The molecule has 3 fully saturated rings. The van der Waals surface area contributed by atoms with E-state index in [2.05, 4.69) is 22.9 Å². The molecule has 3 atom stereocenters. The summed E-state index contributed by atoms with van der Waals surface area (Å²) in [5, 5.41) is 9.04. The van der Waals surface area contributed by atoms with Gasteiger partial charge in [0.15, 0.2) is 0 Å². The Labute approximate surface area is 119 Å². The first-order valence-electron chi connectivity index (χ1n) is 7.48. The average molecular weight is 269 g/mol. The third-order valence-electron chi connectivity index (χ3n) is 5.23. The van der Waals surface area contributed by atoms with Crippen LogP contribution in [0.15, 0.2) is 18.3 Å². The minimum absolute atomic E-state index is 0.226. The number of nitriles is 1. The zero-order chi connectivity index (χ0) is 13.7. The quantitative estimate of drug-likeness (QED) is 0.774. The fraction of sp³-hybridized carbons (Fsp3) is 0.625.